The maximum absolute atomic E-state index is 11.3. The van der Waals surface area contributed by atoms with Crippen LogP contribution in [0.2, 0.25) is 0 Å². The molecule has 0 atom stereocenters. The van der Waals surface area contributed by atoms with E-state index in [1.165, 1.54) is 10.6 Å². The maximum Gasteiger partial charge on any atom is 0.338 e. The van der Waals surface area contributed by atoms with Gasteiger partial charge in [-0.05, 0) is 12.5 Å². The Hall–Kier alpha value is -1.58. The molecule has 0 N–H and O–H groups in total. The van der Waals surface area contributed by atoms with Crippen LogP contribution in [0, 0.1) is 0 Å². The first kappa shape index (κ1) is 10.5. The molecule has 0 aliphatic carbocycles. The van der Waals surface area contributed by atoms with Gasteiger partial charge in [0.1, 0.15) is 0 Å². The van der Waals surface area contributed by atoms with Crippen molar-refractivity contribution < 1.29 is 9.53 Å². The Balaban J connectivity index is 2.81. The van der Waals surface area contributed by atoms with Gasteiger partial charge in [-0.2, -0.15) is 0 Å². The van der Waals surface area contributed by atoms with Gasteiger partial charge in [0.25, 0.3) is 5.56 Å². The van der Waals surface area contributed by atoms with Crippen LogP contribution in [0.4, 0.5) is 0 Å². The molecule has 4 nitrogen and oxygen atoms in total. The SMILES string of the molecule is CCCOC(=O)c1ccn(C)c(=O)c1. The number of rotatable bonds is 3. The van der Waals surface area contributed by atoms with E-state index in [9.17, 15) is 9.59 Å². The number of carbonyl (C=O) groups is 1. The van der Waals surface area contributed by atoms with Crippen LogP contribution in [0.3, 0.4) is 0 Å². The number of aromatic nitrogens is 1. The van der Waals surface area contributed by atoms with Crippen molar-refractivity contribution >= 4 is 5.97 Å². The lowest BCUT2D eigenvalue weighted by Gasteiger charge is -2.03. The van der Waals surface area contributed by atoms with Crippen LogP contribution < -0.4 is 5.56 Å². The Morgan fingerprint density at radius 1 is 1.57 bits per heavy atom. The number of hydrogen-bond acceptors (Lipinski definition) is 3. The highest BCUT2D eigenvalue weighted by atomic mass is 16.5. The minimum atomic E-state index is -0.440. The summed E-state index contributed by atoms with van der Waals surface area (Å²) in [7, 11) is 1.63. The molecule has 0 fully saturated rings. The third-order valence-electron chi connectivity index (χ3n) is 1.78. The Kier molecular flexibility index (Phi) is 3.45. The van der Waals surface area contributed by atoms with E-state index in [1.54, 1.807) is 19.3 Å². The normalized spacial score (nSPS) is 9.86. The Morgan fingerprint density at radius 3 is 2.86 bits per heavy atom. The van der Waals surface area contributed by atoms with Gasteiger partial charge in [0, 0.05) is 19.3 Å². The van der Waals surface area contributed by atoms with Gasteiger partial charge in [-0.1, -0.05) is 6.92 Å². The highest BCUT2D eigenvalue weighted by Crippen LogP contribution is 1.98. The summed E-state index contributed by atoms with van der Waals surface area (Å²) in [6.45, 7) is 2.30. The molecule has 76 valence electrons. The third kappa shape index (κ3) is 2.45. The molecule has 0 aliphatic rings. The van der Waals surface area contributed by atoms with Crippen LogP contribution in [0.1, 0.15) is 23.7 Å². The molecular weight excluding hydrogens is 182 g/mol. The lowest BCUT2D eigenvalue weighted by atomic mass is 10.3. The van der Waals surface area contributed by atoms with Crippen molar-refractivity contribution in [1.29, 1.82) is 0 Å². The number of esters is 1. The van der Waals surface area contributed by atoms with Crippen molar-refractivity contribution in [3.05, 3.63) is 34.2 Å². The standard InChI is InChI=1S/C10H13NO3/c1-3-6-14-10(13)8-4-5-11(2)9(12)7-8/h4-5,7H,3,6H2,1-2H3. The smallest absolute Gasteiger partial charge is 0.338 e. The molecule has 0 bridgehead atoms. The van der Waals surface area contributed by atoms with Crippen LogP contribution >= 0.6 is 0 Å². The molecule has 1 aromatic rings. The molecule has 0 aliphatic heterocycles. The van der Waals surface area contributed by atoms with Gasteiger partial charge in [0.2, 0.25) is 0 Å². The van der Waals surface area contributed by atoms with Gasteiger partial charge in [0.15, 0.2) is 0 Å². The molecule has 0 aromatic carbocycles. The monoisotopic (exact) mass is 195 g/mol. The first-order valence-corrected chi connectivity index (χ1v) is 4.49. The van der Waals surface area contributed by atoms with Crippen molar-refractivity contribution in [3.8, 4) is 0 Å². The number of aryl methyl sites for hydroxylation is 1. The summed E-state index contributed by atoms with van der Waals surface area (Å²) in [5.41, 5.74) is 0.0949. The van der Waals surface area contributed by atoms with E-state index < -0.39 is 5.97 Å². The third-order valence-corrected chi connectivity index (χ3v) is 1.78. The van der Waals surface area contributed by atoms with Gasteiger partial charge in [-0.3, -0.25) is 4.79 Å². The fourth-order valence-corrected chi connectivity index (χ4v) is 0.954. The molecule has 0 saturated heterocycles. The molecule has 0 saturated carbocycles. The van der Waals surface area contributed by atoms with Gasteiger partial charge >= 0.3 is 5.97 Å². The number of pyridine rings is 1. The molecule has 14 heavy (non-hydrogen) atoms. The predicted octanol–water partition coefficient (Wildman–Crippen LogP) is 0.952. The molecule has 0 unspecified atom stereocenters. The van der Waals surface area contributed by atoms with Gasteiger partial charge in [0.05, 0.1) is 12.2 Å². The van der Waals surface area contributed by atoms with Gasteiger partial charge < -0.3 is 9.30 Å². The van der Waals surface area contributed by atoms with Crippen LogP contribution in [-0.2, 0) is 11.8 Å². The average molecular weight is 195 g/mol. The Labute approximate surface area is 82.1 Å². The minimum absolute atomic E-state index is 0.212. The molecule has 0 spiro atoms. The second kappa shape index (κ2) is 4.60. The number of ether oxygens (including phenoxy) is 1. The van der Waals surface area contributed by atoms with E-state index in [0.717, 1.165) is 6.42 Å². The second-order valence-electron chi connectivity index (χ2n) is 3.00. The molecule has 4 heteroatoms. The largest absolute Gasteiger partial charge is 0.462 e. The average Bonchev–Trinajstić information content (AvgIpc) is 2.18. The van der Waals surface area contributed by atoms with Crippen molar-refractivity contribution in [1.82, 2.24) is 4.57 Å². The van der Waals surface area contributed by atoms with E-state index in [-0.39, 0.29) is 5.56 Å². The molecule has 0 radical (unpaired) electrons. The Morgan fingerprint density at radius 2 is 2.29 bits per heavy atom. The fraction of sp³-hybridized carbons (Fsp3) is 0.400. The van der Waals surface area contributed by atoms with Crippen molar-refractivity contribution in [3.63, 3.8) is 0 Å². The summed E-state index contributed by atoms with van der Waals surface area (Å²) in [4.78, 5) is 22.5. The first-order chi connectivity index (χ1) is 6.65. The lowest BCUT2D eigenvalue weighted by molar-refractivity contribution is 0.0504. The van der Waals surface area contributed by atoms with Crippen molar-refractivity contribution in [2.75, 3.05) is 6.61 Å². The molecular formula is C10H13NO3. The van der Waals surface area contributed by atoms with Crippen LogP contribution in [0.5, 0.6) is 0 Å². The summed E-state index contributed by atoms with van der Waals surface area (Å²) in [5, 5.41) is 0. The topological polar surface area (TPSA) is 48.3 Å². The van der Waals surface area contributed by atoms with E-state index in [0.29, 0.717) is 12.2 Å². The minimum Gasteiger partial charge on any atom is -0.462 e. The first-order valence-electron chi connectivity index (χ1n) is 4.49. The summed E-state index contributed by atoms with van der Waals surface area (Å²) < 4.78 is 6.28. The molecule has 1 rings (SSSR count). The maximum atomic E-state index is 11.3. The lowest BCUT2D eigenvalue weighted by Crippen LogP contribution is -2.17. The zero-order chi connectivity index (χ0) is 10.6. The van der Waals surface area contributed by atoms with Crippen LogP contribution in [0.25, 0.3) is 0 Å². The zero-order valence-electron chi connectivity index (χ0n) is 8.32. The summed E-state index contributed by atoms with van der Waals surface area (Å²) >= 11 is 0. The summed E-state index contributed by atoms with van der Waals surface area (Å²) in [5.74, 6) is -0.440. The second-order valence-corrected chi connectivity index (χ2v) is 3.00. The summed E-state index contributed by atoms with van der Waals surface area (Å²) in [6, 6.07) is 2.84. The highest BCUT2D eigenvalue weighted by molar-refractivity contribution is 5.89. The molecule has 1 heterocycles. The number of nitrogens with zero attached hydrogens (tertiary/aromatic N) is 1. The van der Waals surface area contributed by atoms with E-state index in [1.807, 2.05) is 6.92 Å². The quantitative estimate of drug-likeness (QED) is 0.675. The van der Waals surface area contributed by atoms with Gasteiger partial charge in [-0.15, -0.1) is 0 Å². The van der Waals surface area contributed by atoms with E-state index in [2.05, 4.69) is 0 Å². The number of hydrogen-bond donors (Lipinski definition) is 0. The van der Waals surface area contributed by atoms with Crippen molar-refractivity contribution in [2.24, 2.45) is 7.05 Å². The summed E-state index contributed by atoms with van der Waals surface area (Å²) in [6.07, 6.45) is 2.32. The molecule has 1 aromatic heterocycles. The van der Waals surface area contributed by atoms with Crippen LogP contribution in [-0.4, -0.2) is 17.1 Å². The van der Waals surface area contributed by atoms with E-state index >= 15 is 0 Å². The Bertz CT molecular complexity index is 381. The number of carbonyl (C=O) groups excluding carboxylic acids is 1. The van der Waals surface area contributed by atoms with Crippen molar-refractivity contribution in [2.45, 2.75) is 13.3 Å². The predicted molar refractivity (Wildman–Crippen MR) is 52.3 cm³/mol. The zero-order valence-corrected chi connectivity index (χ0v) is 8.32. The highest BCUT2D eigenvalue weighted by Gasteiger charge is 2.06. The van der Waals surface area contributed by atoms with E-state index in [4.69, 9.17) is 4.74 Å². The van der Waals surface area contributed by atoms with Crippen LogP contribution in [0.15, 0.2) is 23.1 Å². The molecule has 0 amide bonds. The fourth-order valence-electron chi connectivity index (χ4n) is 0.954. The van der Waals surface area contributed by atoms with Gasteiger partial charge in [-0.25, -0.2) is 4.79 Å².